The third kappa shape index (κ3) is 7.78. The first-order chi connectivity index (χ1) is 16.8. The summed E-state index contributed by atoms with van der Waals surface area (Å²) in [5.41, 5.74) is 1.58. The Kier molecular flexibility index (Phi) is 9.18. The lowest BCUT2D eigenvalue weighted by Crippen LogP contribution is -2.43. The second-order valence-electron chi connectivity index (χ2n) is 7.76. The van der Waals surface area contributed by atoms with Gasteiger partial charge in [0.1, 0.15) is 5.82 Å². The third-order valence-electron chi connectivity index (χ3n) is 5.13. The molecule has 0 aliphatic heterocycles. The molecule has 0 saturated heterocycles. The van der Waals surface area contributed by atoms with Crippen LogP contribution in [-0.4, -0.2) is 51.4 Å². The Morgan fingerprint density at radius 2 is 1.71 bits per heavy atom. The molecule has 3 rings (SSSR count). The molecule has 1 amide bonds. The molecule has 0 aliphatic carbocycles. The van der Waals surface area contributed by atoms with Gasteiger partial charge >= 0.3 is 0 Å². The summed E-state index contributed by atoms with van der Waals surface area (Å²) < 4.78 is 44.9. The molecule has 2 N–H and O–H groups in total. The minimum absolute atomic E-state index is 0.0639. The van der Waals surface area contributed by atoms with Crippen LogP contribution in [0, 0.1) is 5.82 Å². The number of sulfonamides is 1. The molecule has 0 aliphatic rings. The summed E-state index contributed by atoms with van der Waals surface area (Å²) in [7, 11) is -2.33. The van der Waals surface area contributed by atoms with Crippen molar-refractivity contribution in [1.29, 1.82) is 0 Å². The van der Waals surface area contributed by atoms with Crippen molar-refractivity contribution in [3.8, 4) is 0 Å². The maximum absolute atomic E-state index is 13.2. The summed E-state index contributed by atoms with van der Waals surface area (Å²) in [5, 5.41) is 2.57. The lowest BCUT2D eigenvalue weighted by Gasteiger charge is -2.18. The fraction of sp³-hybridized carbons (Fsp3) is 0.240. The molecule has 0 saturated carbocycles. The van der Waals surface area contributed by atoms with Crippen LogP contribution >= 0.6 is 0 Å². The minimum atomic E-state index is -3.79. The van der Waals surface area contributed by atoms with E-state index in [1.165, 1.54) is 49.7 Å². The van der Waals surface area contributed by atoms with Gasteiger partial charge in [-0.05, 0) is 47.9 Å². The van der Waals surface area contributed by atoms with Gasteiger partial charge in [-0.3, -0.25) is 9.59 Å². The highest BCUT2D eigenvalue weighted by atomic mass is 32.2. The molecule has 0 radical (unpaired) electrons. The normalized spacial score (nSPS) is 12.2. The predicted octanol–water partition coefficient (Wildman–Crippen LogP) is 2.30. The van der Waals surface area contributed by atoms with Crippen molar-refractivity contribution in [2.75, 3.05) is 20.3 Å². The second kappa shape index (κ2) is 12.3. The first-order valence-electron chi connectivity index (χ1n) is 10.8. The van der Waals surface area contributed by atoms with Crippen LogP contribution in [0.1, 0.15) is 21.5 Å². The summed E-state index contributed by atoms with van der Waals surface area (Å²) >= 11 is 0. The summed E-state index contributed by atoms with van der Waals surface area (Å²) in [5.74, 6) is -1.24. The van der Waals surface area contributed by atoms with Crippen LogP contribution in [0.2, 0.25) is 0 Å². The topological polar surface area (TPSA) is 114 Å². The van der Waals surface area contributed by atoms with Crippen molar-refractivity contribution in [3.63, 3.8) is 0 Å². The Morgan fingerprint density at radius 1 is 1.00 bits per heavy atom. The Hall–Kier alpha value is -3.47. The quantitative estimate of drug-likeness (QED) is 0.370. The highest BCUT2D eigenvalue weighted by Crippen LogP contribution is 2.12. The number of hydrogen-bond donors (Lipinski definition) is 2. The number of pyridine rings is 1. The molecule has 1 atom stereocenters. The molecule has 0 unspecified atom stereocenters. The van der Waals surface area contributed by atoms with Crippen molar-refractivity contribution >= 4 is 21.7 Å². The van der Waals surface area contributed by atoms with Gasteiger partial charge in [0.2, 0.25) is 0 Å². The lowest BCUT2D eigenvalue weighted by molar-refractivity contribution is -0.120. The number of rotatable bonds is 12. The Labute approximate surface area is 203 Å². The largest absolute Gasteiger partial charge is 0.383 e. The van der Waals surface area contributed by atoms with Gasteiger partial charge in [-0.1, -0.05) is 36.4 Å². The van der Waals surface area contributed by atoms with Crippen LogP contribution in [0.15, 0.2) is 78.0 Å². The number of amides is 1. The Bertz CT molecular complexity index is 1230. The predicted molar refractivity (Wildman–Crippen MR) is 128 cm³/mol. The molecule has 10 heteroatoms. The van der Waals surface area contributed by atoms with Gasteiger partial charge in [0.15, 0.2) is 10.8 Å². The van der Waals surface area contributed by atoms with E-state index >= 15 is 0 Å². The fourth-order valence-electron chi connectivity index (χ4n) is 3.29. The molecule has 35 heavy (non-hydrogen) atoms. The van der Waals surface area contributed by atoms with E-state index in [1.54, 1.807) is 0 Å². The van der Waals surface area contributed by atoms with Crippen LogP contribution in [0.5, 0.6) is 0 Å². The number of ether oxygens (including phenoxy) is 1. The molecule has 1 heterocycles. The number of nitrogens with one attached hydrogen (secondary N) is 2. The van der Waals surface area contributed by atoms with Crippen LogP contribution < -0.4 is 10.0 Å². The molecule has 184 valence electrons. The maximum atomic E-state index is 13.2. The number of ketones is 1. The highest BCUT2D eigenvalue weighted by Gasteiger charge is 2.23. The lowest BCUT2D eigenvalue weighted by atomic mass is 9.98. The number of hydrogen-bond acceptors (Lipinski definition) is 6. The van der Waals surface area contributed by atoms with Gasteiger partial charge < -0.3 is 10.1 Å². The molecule has 0 bridgehead atoms. The number of methoxy groups -OCH3 is 1. The zero-order chi connectivity index (χ0) is 25.3. The van der Waals surface area contributed by atoms with E-state index in [-0.39, 0.29) is 42.4 Å². The molecule has 8 nitrogen and oxygen atoms in total. The van der Waals surface area contributed by atoms with Crippen LogP contribution in [-0.2, 0) is 32.4 Å². The number of Topliss-reactive ketones (excluding diaryl/α,β-unsaturated/α-hetero) is 1. The molecule has 0 fully saturated rings. The summed E-state index contributed by atoms with van der Waals surface area (Å²) in [6, 6.07) is 16.2. The number of aromatic nitrogens is 1. The molecular weight excluding hydrogens is 473 g/mol. The Morgan fingerprint density at radius 3 is 2.34 bits per heavy atom. The van der Waals surface area contributed by atoms with Gasteiger partial charge in [-0.15, -0.1) is 0 Å². The van der Waals surface area contributed by atoms with Gasteiger partial charge in [0.05, 0.1) is 12.6 Å². The minimum Gasteiger partial charge on any atom is -0.383 e. The zero-order valence-corrected chi connectivity index (χ0v) is 19.9. The molecule has 3 aromatic rings. The average molecular weight is 500 g/mol. The van der Waals surface area contributed by atoms with E-state index in [0.29, 0.717) is 5.56 Å². The number of benzene rings is 2. The van der Waals surface area contributed by atoms with Gasteiger partial charge in [-0.2, -0.15) is 0 Å². The van der Waals surface area contributed by atoms with Crippen molar-refractivity contribution in [2.45, 2.75) is 23.9 Å². The Balaban J connectivity index is 1.73. The van der Waals surface area contributed by atoms with Gasteiger partial charge in [0, 0.05) is 31.8 Å². The monoisotopic (exact) mass is 499 g/mol. The fourth-order valence-corrected chi connectivity index (χ4v) is 4.23. The number of halogens is 1. The van der Waals surface area contributed by atoms with E-state index in [2.05, 4.69) is 15.0 Å². The third-order valence-corrected chi connectivity index (χ3v) is 6.51. The summed E-state index contributed by atoms with van der Waals surface area (Å²) in [6.45, 7) is 0.327. The van der Waals surface area contributed by atoms with Crippen molar-refractivity contribution in [1.82, 2.24) is 15.0 Å². The smallest absolute Gasteiger partial charge is 0.258 e. The standard InChI is InChI=1S/C25H26FN3O5S/c1-34-14-13-28-35(32,33)24-12-7-19(17-27-24)16-23(30)22(15-18-5-3-2-4-6-18)29-25(31)20-8-10-21(26)11-9-20/h2-12,17,22,28H,13-16H2,1H3,(H,29,31)/t22-/m0/s1. The SMILES string of the molecule is COCCNS(=O)(=O)c1ccc(CC(=O)[C@H](Cc2ccccc2)NC(=O)c2ccc(F)cc2)cn1. The van der Waals surface area contributed by atoms with Crippen molar-refractivity contribution < 1.29 is 27.1 Å². The molecule has 2 aromatic carbocycles. The molecule has 0 spiro atoms. The van der Waals surface area contributed by atoms with Gasteiger partial charge in [0.25, 0.3) is 15.9 Å². The summed E-state index contributed by atoms with van der Waals surface area (Å²) in [4.78, 5) is 29.8. The van der Waals surface area contributed by atoms with Crippen LogP contribution in [0.3, 0.4) is 0 Å². The van der Waals surface area contributed by atoms with Crippen LogP contribution in [0.4, 0.5) is 4.39 Å². The van der Waals surface area contributed by atoms with E-state index in [4.69, 9.17) is 4.74 Å². The average Bonchev–Trinajstić information content (AvgIpc) is 2.85. The van der Waals surface area contributed by atoms with Crippen molar-refractivity contribution in [2.24, 2.45) is 0 Å². The second-order valence-corrected chi connectivity index (χ2v) is 9.47. The van der Waals surface area contributed by atoms with Crippen molar-refractivity contribution in [3.05, 3.63) is 95.4 Å². The zero-order valence-electron chi connectivity index (χ0n) is 19.1. The van der Waals surface area contributed by atoms with Crippen LogP contribution in [0.25, 0.3) is 0 Å². The number of carbonyl (C=O) groups is 2. The molecular formula is C25H26FN3O5S. The maximum Gasteiger partial charge on any atom is 0.258 e. The number of carbonyl (C=O) groups excluding carboxylic acids is 2. The first-order valence-corrected chi connectivity index (χ1v) is 12.3. The first kappa shape index (κ1) is 26.1. The molecule has 1 aromatic heterocycles. The van der Waals surface area contributed by atoms with Gasteiger partial charge in [-0.25, -0.2) is 22.5 Å². The van der Waals surface area contributed by atoms with E-state index in [9.17, 15) is 22.4 Å². The summed E-state index contributed by atoms with van der Waals surface area (Å²) in [6.07, 6.45) is 1.52. The van der Waals surface area contributed by atoms with E-state index < -0.39 is 27.8 Å². The highest BCUT2D eigenvalue weighted by molar-refractivity contribution is 7.89. The van der Waals surface area contributed by atoms with E-state index in [1.807, 2.05) is 30.3 Å². The number of nitrogens with zero attached hydrogens (tertiary/aromatic N) is 1. The van der Waals surface area contributed by atoms with E-state index in [0.717, 1.165) is 5.56 Å².